The molecule has 0 radical (unpaired) electrons. The molecular weight excluding hydrogens is 190 g/mol. The van der Waals surface area contributed by atoms with E-state index in [-0.39, 0.29) is 12.1 Å². The Labute approximate surface area is 90.8 Å². The van der Waals surface area contributed by atoms with Crippen LogP contribution in [0.1, 0.15) is 31.0 Å². The summed E-state index contributed by atoms with van der Waals surface area (Å²) < 4.78 is 5.53. The number of hydrogen-bond acceptors (Lipinski definition) is 4. The van der Waals surface area contributed by atoms with E-state index in [4.69, 9.17) is 10.6 Å². The van der Waals surface area contributed by atoms with Crippen LogP contribution in [-0.2, 0) is 4.74 Å². The van der Waals surface area contributed by atoms with Crippen LogP contribution in [0.3, 0.4) is 0 Å². The van der Waals surface area contributed by atoms with Crippen molar-refractivity contribution in [2.75, 3.05) is 6.61 Å². The lowest BCUT2D eigenvalue weighted by atomic mass is 10.0. The second-order valence-corrected chi connectivity index (χ2v) is 3.54. The highest BCUT2D eigenvalue weighted by Gasteiger charge is 2.19. The molecule has 2 atom stereocenters. The lowest BCUT2D eigenvalue weighted by Gasteiger charge is -2.24. The molecule has 0 aliphatic rings. The largest absolute Gasteiger partial charge is 0.377 e. The molecule has 2 unspecified atom stereocenters. The molecule has 0 spiro atoms. The number of ether oxygens (including phenoxy) is 1. The second kappa shape index (κ2) is 5.80. The Morgan fingerprint density at radius 3 is 2.87 bits per heavy atom. The van der Waals surface area contributed by atoms with Crippen molar-refractivity contribution in [3.8, 4) is 0 Å². The normalized spacial score (nSPS) is 14.9. The van der Waals surface area contributed by atoms with Crippen molar-refractivity contribution in [3.63, 3.8) is 0 Å². The molecule has 0 amide bonds. The maximum atomic E-state index is 5.55. The van der Waals surface area contributed by atoms with E-state index in [1.807, 2.05) is 33.0 Å². The molecule has 0 aliphatic carbocycles. The molecule has 0 aromatic carbocycles. The van der Waals surface area contributed by atoms with Crippen molar-refractivity contribution in [1.29, 1.82) is 0 Å². The summed E-state index contributed by atoms with van der Waals surface area (Å²) in [4.78, 5) is 4.11. The maximum Gasteiger partial charge on any atom is 0.0755 e. The molecule has 4 nitrogen and oxygen atoms in total. The molecule has 1 rings (SSSR count). The van der Waals surface area contributed by atoms with Gasteiger partial charge in [-0.25, -0.2) is 0 Å². The Balaban J connectivity index is 2.87. The van der Waals surface area contributed by atoms with Gasteiger partial charge in [0.25, 0.3) is 0 Å². The Morgan fingerprint density at radius 1 is 1.60 bits per heavy atom. The van der Waals surface area contributed by atoms with E-state index in [9.17, 15) is 0 Å². The summed E-state index contributed by atoms with van der Waals surface area (Å²) >= 11 is 0. The first kappa shape index (κ1) is 12.1. The summed E-state index contributed by atoms with van der Waals surface area (Å²) in [6.07, 6.45) is 3.63. The summed E-state index contributed by atoms with van der Waals surface area (Å²) in [5, 5.41) is 0. The van der Waals surface area contributed by atoms with Gasteiger partial charge in [0.15, 0.2) is 0 Å². The van der Waals surface area contributed by atoms with Crippen molar-refractivity contribution in [2.45, 2.75) is 32.9 Å². The van der Waals surface area contributed by atoms with Crippen LogP contribution in [0, 0.1) is 6.92 Å². The number of aromatic nitrogens is 1. The van der Waals surface area contributed by atoms with E-state index in [0.29, 0.717) is 6.61 Å². The minimum Gasteiger partial charge on any atom is -0.377 e. The van der Waals surface area contributed by atoms with Gasteiger partial charge in [-0.05, 0) is 38.0 Å². The zero-order valence-electron chi connectivity index (χ0n) is 9.53. The van der Waals surface area contributed by atoms with E-state index in [2.05, 4.69) is 10.4 Å². The number of nitrogens with one attached hydrogen (secondary N) is 1. The zero-order valence-corrected chi connectivity index (χ0v) is 9.53. The minimum atomic E-state index is -0.0151. The van der Waals surface area contributed by atoms with Gasteiger partial charge in [-0.3, -0.25) is 16.3 Å². The highest BCUT2D eigenvalue weighted by Crippen LogP contribution is 2.20. The van der Waals surface area contributed by atoms with Gasteiger partial charge in [0.05, 0.1) is 12.1 Å². The van der Waals surface area contributed by atoms with Crippen LogP contribution in [0.4, 0.5) is 0 Å². The number of nitrogens with two attached hydrogens (primary N) is 1. The molecule has 1 aromatic rings. The number of aryl methyl sites for hydroxylation is 1. The molecule has 0 saturated carbocycles. The molecule has 0 bridgehead atoms. The molecule has 0 saturated heterocycles. The summed E-state index contributed by atoms with van der Waals surface area (Å²) in [5.74, 6) is 5.55. The number of pyridine rings is 1. The Morgan fingerprint density at radius 2 is 2.33 bits per heavy atom. The number of hydrazine groups is 1. The van der Waals surface area contributed by atoms with Crippen LogP contribution in [0.2, 0.25) is 0 Å². The quantitative estimate of drug-likeness (QED) is 0.567. The van der Waals surface area contributed by atoms with Crippen LogP contribution in [-0.4, -0.2) is 17.7 Å². The average molecular weight is 209 g/mol. The first-order valence-electron chi connectivity index (χ1n) is 5.19. The Hall–Kier alpha value is -0.970. The van der Waals surface area contributed by atoms with Gasteiger partial charge in [-0.2, -0.15) is 0 Å². The monoisotopic (exact) mass is 209 g/mol. The lowest BCUT2D eigenvalue weighted by molar-refractivity contribution is 0.0470. The van der Waals surface area contributed by atoms with Crippen molar-refractivity contribution in [2.24, 2.45) is 5.84 Å². The Kier molecular flexibility index (Phi) is 4.68. The third-order valence-electron chi connectivity index (χ3n) is 2.49. The average Bonchev–Trinajstić information content (AvgIpc) is 2.22. The van der Waals surface area contributed by atoms with Crippen LogP contribution in [0.15, 0.2) is 18.5 Å². The minimum absolute atomic E-state index is 0.0151. The van der Waals surface area contributed by atoms with Gasteiger partial charge in [-0.1, -0.05) is 0 Å². The molecule has 15 heavy (non-hydrogen) atoms. The van der Waals surface area contributed by atoms with Gasteiger partial charge in [0.1, 0.15) is 0 Å². The fraction of sp³-hybridized carbons (Fsp3) is 0.545. The number of nitrogens with zero attached hydrogens (tertiary/aromatic N) is 1. The SMILES string of the molecule is CCOC(C)C(NN)c1cnccc1C. The van der Waals surface area contributed by atoms with E-state index < -0.39 is 0 Å². The topological polar surface area (TPSA) is 60.2 Å². The molecule has 84 valence electrons. The van der Waals surface area contributed by atoms with Crippen LogP contribution in [0.25, 0.3) is 0 Å². The maximum absolute atomic E-state index is 5.55. The fourth-order valence-electron chi connectivity index (χ4n) is 1.64. The van der Waals surface area contributed by atoms with E-state index >= 15 is 0 Å². The van der Waals surface area contributed by atoms with Gasteiger partial charge in [0.2, 0.25) is 0 Å². The van der Waals surface area contributed by atoms with Crippen molar-refractivity contribution in [1.82, 2.24) is 10.4 Å². The fourth-order valence-corrected chi connectivity index (χ4v) is 1.64. The predicted octanol–water partition coefficient (Wildman–Crippen LogP) is 1.32. The van der Waals surface area contributed by atoms with Gasteiger partial charge >= 0.3 is 0 Å². The predicted molar refractivity (Wildman–Crippen MR) is 60.1 cm³/mol. The first-order chi connectivity index (χ1) is 7.20. The van der Waals surface area contributed by atoms with E-state index in [1.165, 1.54) is 5.56 Å². The molecule has 1 aromatic heterocycles. The second-order valence-electron chi connectivity index (χ2n) is 3.54. The number of hydrogen-bond donors (Lipinski definition) is 2. The molecule has 0 fully saturated rings. The van der Waals surface area contributed by atoms with E-state index in [1.54, 1.807) is 6.20 Å². The third-order valence-corrected chi connectivity index (χ3v) is 2.49. The van der Waals surface area contributed by atoms with Gasteiger partial charge in [0, 0.05) is 19.0 Å². The van der Waals surface area contributed by atoms with E-state index in [0.717, 1.165) is 5.56 Å². The van der Waals surface area contributed by atoms with Crippen LogP contribution < -0.4 is 11.3 Å². The van der Waals surface area contributed by atoms with Gasteiger partial charge < -0.3 is 4.74 Å². The smallest absolute Gasteiger partial charge is 0.0755 e. The van der Waals surface area contributed by atoms with Crippen molar-refractivity contribution < 1.29 is 4.74 Å². The first-order valence-corrected chi connectivity index (χ1v) is 5.19. The third kappa shape index (κ3) is 2.99. The Bertz CT molecular complexity index is 304. The highest BCUT2D eigenvalue weighted by molar-refractivity contribution is 5.25. The molecule has 0 aliphatic heterocycles. The summed E-state index contributed by atoms with van der Waals surface area (Å²) in [7, 11) is 0. The van der Waals surface area contributed by atoms with Crippen LogP contribution in [0.5, 0.6) is 0 Å². The van der Waals surface area contributed by atoms with Crippen molar-refractivity contribution in [3.05, 3.63) is 29.6 Å². The standard InChI is InChI=1S/C11H19N3O/c1-4-15-9(3)11(14-12)10-7-13-6-5-8(10)2/h5-7,9,11,14H,4,12H2,1-3H3. The number of rotatable bonds is 5. The molecule has 1 heterocycles. The summed E-state index contributed by atoms with van der Waals surface area (Å²) in [5.41, 5.74) is 5.03. The van der Waals surface area contributed by atoms with Crippen LogP contribution >= 0.6 is 0 Å². The van der Waals surface area contributed by atoms with Gasteiger partial charge in [-0.15, -0.1) is 0 Å². The highest BCUT2D eigenvalue weighted by atomic mass is 16.5. The lowest BCUT2D eigenvalue weighted by Crippen LogP contribution is -2.37. The molecular formula is C11H19N3O. The summed E-state index contributed by atoms with van der Waals surface area (Å²) in [6, 6.07) is 1.96. The summed E-state index contributed by atoms with van der Waals surface area (Å²) in [6.45, 7) is 6.69. The zero-order chi connectivity index (χ0) is 11.3. The molecule has 4 heteroatoms. The molecule has 3 N–H and O–H groups in total. The van der Waals surface area contributed by atoms with Crippen molar-refractivity contribution >= 4 is 0 Å².